The minimum absolute atomic E-state index is 0.0332. The fourth-order valence-corrected chi connectivity index (χ4v) is 5.21. The molecule has 3 aromatic carbocycles. The second kappa shape index (κ2) is 10.2. The Bertz CT molecular complexity index is 1910. The monoisotopic (exact) mass is 572 g/mol. The van der Waals surface area contributed by atoms with Gasteiger partial charge in [0.05, 0.1) is 18.2 Å². The zero-order chi connectivity index (χ0) is 28.7. The molecule has 0 bridgehead atoms. The number of hydrogen-bond acceptors (Lipinski definition) is 7. The van der Waals surface area contributed by atoms with Gasteiger partial charge in [-0.05, 0) is 36.2 Å². The van der Waals surface area contributed by atoms with Crippen molar-refractivity contribution in [3.8, 4) is 16.9 Å². The molecular weight excluding hydrogens is 553 g/mol. The molecule has 5 aromatic rings. The smallest absolute Gasteiger partial charge is 0.464 e. The third-order valence-corrected chi connectivity index (χ3v) is 7.38. The van der Waals surface area contributed by atoms with Crippen molar-refractivity contribution in [1.82, 2.24) is 10.3 Å². The lowest BCUT2D eigenvalue weighted by Crippen LogP contribution is -2.43. The first kappa shape index (κ1) is 27.0. The molecular formula is C27H19F3N2O7S. The number of amides is 1. The average molecular weight is 573 g/mol. The number of carbonyl (C=O) groups is 1. The van der Waals surface area contributed by atoms with Crippen LogP contribution in [0.1, 0.15) is 11.1 Å². The van der Waals surface area contributed by atoms with Crippen molar-refractivity contribution >= 4 is 37.9 Å². The van der Waals surface area contributed by atoms with Gasteiger partial charge in [0.15, 0.2) is 0 Å². The maximum Gasteiger partial charge on any atom is 0.573 e. The Balaban J connectivity index is 1.41. The standard InChI is InChI=1S/C27H19F3N2O7S/c1-15-17-11-19-20(16-7-3-2-4-8-16)14-37-22(19)13-23(17)38-26(34)18(15)12-25(33)31-32-40(35,36)24-10-6-5-9-21(24)39-27(28,29)30/h2-11,13-14,32H,12H2,1H3,(H,31,33). The number of hydrazine groups is 1. The summed E-state index contributed by atoms with van der Waals surface area (Å²) in [6.45, 7) is 1.62. The van der Waals surface area contributed by atoms with Crippen molar-refractivity contribution in [2.24, 2.45) is 0 Å². The predicted molar refractivity (Wildman–Crippen MR) is 138 cm³/mol. The summed E-state index contributed by atoms with van der Waals surface area (Å²) in [4.78, 5) is 26.2. The summed E-state index contributed by atoms with van der Waals surface area (Å²) < 4.78 is 78.1. The number of hydrogen-bond donors (Lipinski definition) is 2. The number of aryl methyl sites for hydroxylation is 1. The van der Waals surface area contributed by atoms with Gasteiger partial charge in [-0.2, -0.15) is 0 Å². The predicted octanol–water partition coefficient (Wildman–Crippen LogP) is 4.97. The summed E-state index contributed by atoms with van der Waals surface area (Å²) in [7, 11) is -4.67. The van der Waals surface area contributed by atoms with Crippen LogP contribution in [0.5, 0.6) is 5.75 Å². The second-order valence-corrected chi connectivity index (χ2v) is 10.3. The molecule has 40 heavy (non-hydrogen) atoms. The largest absolute Gasteiger partial charge is 0.573 e. The van der Waals surface area contributed by atoms with E-state index >= 15 is 0 Å². The van der Waals surface area contributed by atoms with Gasteiger partial charge in [-0.25, -0.2) is 13.2 Å². The summed E-state index contributed by atoms with van der Waals surface area (Å²) in [5, 5.41) is 1.28. The van der Waals surface area contributed by atoms with Gasteiger partial charge in [0, 0.05) is 22.4 Å². The van der Waals surface area contributed by atoms with E-state index in [1.807, 2.05) is 35.8 Å². The van der Waals surface area contributed by atoms with Crippen molar-refractivity contribution in [2.45, 2.75) is 24.6 Å². The van der Waals surface area contributed by atoms with Crippen molar-refractivity contribution < 1.29 is 40.0 Å². The number of alkyl halides is 3. The third kappa shape index (κ3) is 5.42. The fraction of sp³-hybridized carbons (Fsp3) is 0.111. The Morgan fingerprint density at radius 1 is 0.975 bits per heavy atom. The summed E-state index contributed by atoms with van der Waals surface area (Å²) >= 11 is 0. The lowest BCUT2D eigenvalue weighted by molar-refractivity contribution is -0.275. The van der Waals surface area contributed by atoms with E-state index in [4.69, 9.17) is 8.83 Å². The zero-order valence-electron chi connectivity index (χ0n) is 20.5. The molecule has 0 saturated heterocycles. The van der Waals surface area contributed by atoms with Crippen LogP contribution in [0.3, 0.4) is 0 Å². The number of rotatable bonds is 7. The Labute approximate surface area is 224 Å². The van der Waals surface area contributed by atoms with Crippen LogP contribution >= 0.6 is 0 Å². The number of para-hydroxylation sites is 1. The number of nitrogens with one attached hydrogen (secondary N) is 2. The topological polar surface area (TPSA) is 128 Å². The SMILES string of the molecule is Cc1c(CC(=O)NNS(=O)(=O)c2ccccc2OC(F)(F)F)c(=O)oc2cc3occ(-c4ccccc4)c3cc12. The molecule has 0 atom stereocenters. The van der Waals surface area contributed by atoms with Gasteiger partial charge >= 0.3 is 12.0 Å². The summed E-state index contributed by atoms with van der Waals surface area (Å²) in [5.41, 5.74) is 3.92. The summed E-state index contributed by atoms with van der Waals surface area (Å²) in [5.74, 6) is -1.94. The van der Waals surface area contributed by atoms with Gasteiger partial charge in [0.2, 0.25) is 5.91 Å². The molecule has 5 rings (SSSR count). The normalized spacial score (nSPS) is 12.1. The molecule has 2 aromatic heterocycles. The van der Waals surface area contributed by atoms with E-state index in [0.29, 0.717) is 16.5 Å². The van der Waals surface area contributed by atoms with Crippen LogP contribution in [0, 0.1) is 6.92 Å². The number of sulfonamides is 1. The fourth-order valence-electron chi connectivity index (χ4n) is 4.22. The third-order valence-electron chi connectivity index (χ3n) is 6.09. The van der Waals surface area contributed by atoms with Crippen molar-refractivity contribution in [3.05, 3.63) is 94.5 Å². The molecule has 0 radical (unpaired) electrons. The van der Waals surface area contributed by atoms with E-state index in [1.54, 1.807) is 30.2 Å². The van der Waals surface area contributed by atoms with Gasteiger partial charge in [0.25, 0.3) is 10.0 Å². The molecule has 9 nitrogen and oxygen atoms in total. The summed E-state index contributed by atoms with van der Waals surface area (Å²) in [6.07, 6.45) is -4.13. The number of fused-ring (bicyclic) bond motifs is 2. The lowest BCUT2D eigenvalue weighted by atomic mass is 9.99. The molecule has 0 unspecified atom stereocenters. The van der Waals surface area contributed by atoms with Crippen LogP contribution in [-0.4, -0.2) is 20.7 Å². The molecule has 2 N–H and O–H groups in total. The molecule has 0 fully saturated rings. The van der Waals surface area contributed by atoms with Gasteiger partial charge in [-0.3, -0.25) is 10.2 Å². The summed E-state index contributed by atoms with van der Waals surface area (Å²) in [6, 6.07) is 16.8. The van der Waals surface area contributed by atoms with Gasteiger partial charge in [-0.1, -0.05) is 42.5 Å². The maximum atomic E-state index is 12.7. The highest BCUT2D eigenvalue weighted by Crippen LogP contribution is 2.34. The number of carbonyl (C=O) groups excluding carboxylic acids is 1. The van der Waals surface area contributed by atoms with Crippen molar-refractivity contribution in [2.75, 3.05) is 0 Å². The van der Waals surface area contributed by atoms with Gasteiger partial charge in [0.1, 0.15) is 21.8 Å². The number of furan rings is 1. The Kier molecular flexibility index (Phi) is 6.85. The van der Waals surface area contributed by atoms with Crippen LogP contribution < -0.4 is 20.6 Å². The lowest BCUT2D eigenvalue weighted by Gasteiger charge is -2.14. The molecule has 0 aliphatic heterocycles. The molecule has 1 amide bonds. The van der Waals surface area contributed by atoms with E-state index in [9.17, 15) is 31.2 Å². The second-order valence-electron chi connectivity index (χ2n) is 8.68. The van der Waals surface area contributed by atoms with Crippen molar-refractivity contribution in [3.63, 3.8) is 0 Å². The Morgan fingerprint density at radius 2 is 1.68 bits per heavy atom. The molecule has 206 valence electrons. The molecule has 0 spiro atoms. The first-order chi connectivity index (χ1) is 18.9. The van der Waals surface area contributed by atoms with Crippen molar-refractivity contribution in [1.29, 1.82) is 0 Å². The van der Waals surface area contributed by atoms with Crippen LogP contribution in [0.25, 0.3) is 33.1 Å². The van der Waals surface area contributed by atoms with Crippen LogP contribution in [-0.2, 0) is 21.2 Å². The molecule has 0 aliphatic carbocycles. The molecule has 0 aliphatic rings. The van der Waals surface area contributed by atoms with E-state index in [-0.39, 0.29) is 11.1 Å². The molecule has 13 heteroatoms. The maximum absolute atomic E-state index is 12.7. The van der Waals surface area contributed by atoms with Gasteiger partial charge in [-0.15, -0.1) is 18.0 Å². The first-order valence-electron chi connectivity index (χ1n) is 11.6. The van der Waals surface area contributed by atoms with Crippen LogP contribution in [0.15, 0.2) is 91.5 Å². The zero-order valence-corrected chi connectivity index (χ0v) is 21.4. The molecule has 2 heterocycles. The minimum Gasteiger partial charge on any atom is -0.464 e. The average Bonchev–Trinajstić information content (AvgIpc) is 3.31. The number of ether oxygens (including phenoxy) is 1. The van der Waals surface area contributed by atoms with E-state index in [2.05, 4.69) is 4.74 Å². The van der Waals surface area contributed by atoms with Gasteiger partial charge < -0.3 is 13.6 Å². The highest BCUT2D eigenvalue weighted by atomic mass is 32.2. The quantitative estimate of drug-likeness (QED) is 0.208. The van der Waals surface area contributed by atoms with Crippen LogP contribution in [0.2, 0.25) is 0 Å². The van der Waals surface area contributed by atoms with E-state index in [1.165, 1.54) is 6.07 Å². The minimum atomic E-state index is -5.14. The highest BCUT2D eigenvalue weighted by Gasteiger charge is 2.34. The number of halogens is 3. The number of benzene rings is 3. The Morgan fingerprint density at radius 3 is 2.40 bits per heavy atom. The van der Waals surface area contributed by atoms with E-state index < -0.39 is 45.0 Å². The van der Waals surface area contributed by atoms with Crippen LogP contribution in [0.4, 0.5) is 13.2 Å². The molecule has 0 saturated carbocycles. The highest BCUT2D eigenvalue weighted by molar-refractivity contribution is 7.89. The Hall–Kier alpha value is -4.62. The first-order valence-corrected chi connectivity index (χ1v) is 13.1. The van der Waals surface area contributed by atoms with E-state index in [0.717, 1.165) is 34.7 Å².